The van der Waals surface area contributed by atoms with Crippen molar-refractivity contribution in [3.8, 4) is 0 Å². The average Bonchev–Trinajstić information content (AvgIpc) is 2.66. The van der Waals surface area contributed by atoms with E-state index in [0.29, 0.717) is 5.70 Å². The number of benzene rings is 1. The highest BCUT2D eigenvalue weighted by atomic mass is 32.2. The number of esters is 1. The van der Waals surface area contributed by atoms with E-state index in [1.807, 2.05) is 0 Å². The van der Waals surface area contributed by atoms with Crippen LogP contribution in [0, 0.1) is 10.1 Å². The molecule has 0 aromatic heterocycles. The van der Waals surface area contributed by atoms with Gasteiger partial charge in [0.15, 0.2) is 5.78 Å². The minimum absolute atomic E-state index is 0.0255. The van der Waals surface area contributed by atoms with Gasteiger partial charge in [-0.15, -0.1) is 0 Å². The maximum atomic E-state index is 13.1. The number of nitrogens with one attached hydrogen (secondary N) is 2. The normalized spacial score (nSPS) is 16.9. The van der Waals surface area contributed by atoms with E-state index in [1.165, 1.54) is 31.3 Å². The highest BCUT2D eigenvalue weighted by Gasteiger charge is 2.35. The smallest absolute Gasteiger partial charge is 0.340 e. The van der Waals surface area contributed by atoms with Crippen molar-refractivity contribution >= 4 is 33.0 Å². The third-order valence-corrected chi connectivity index (χ3v) is 5.85. The maximum Gasteiger partial charge on any atom is 0.340 e. The molecule has 1 aliphatic heterocycles. The number of nitro groups is 1. The summed E-state index contributed by atoms with van der Waals surface area (Å²) < 4.78 is 31.4. The number of ketones is 1. The number of ether oxygens (including phenoxy) is 1. The van der Waals surface area contributed by atoms with Crippen LogP contribution in [0.25, 0.3) is 5.57 Å². The lowest BCUT2D eigenvalue weighted by atomic mass is 9.84. The van der Waals surface area contributed by atoms with E-state index in [2.05, 4.69) is 10.0 Å². The molecular formula is C20H25N3O7S. The van der Waals surface area contributed by atoms with E-state index in [9.17, 15) is 28.1 Å². The third kappa shape index (κ3) is 5.56. The molecule has 0 aliphatic carbocycles. The van der Waals surface area contributed by atoms with Gasteiger partial charge in [0, 0.05) is 29.0 Å². The fourth-order valence-corrected chi connectivity index (χ4v) is 3.96. The third-order valence-electron chi connectivity index (χ3n) is 4.59. The highest BCUT2D eigenvalue weighted by Crippen LogP contribution is 2.36. The minimum atomic E-state index is -3.89. The zero-order valence-electron chi connectivity index (χ0n) is 17.9. The van der Waals surface area contributed by atoms with Crippen molar-refractivity contribution in [2.45, 2.75) is 39.8 Å². The standard InChI is InChI=1S/C20H25N3O7S/c1-11(2)30-20(25)18-13(4)22-12(3)17(16(24)10-31(28,29)21-5)19(18)14-7-6-8-15(9-14)23(26)27/h6-9,11-12,21-22H,10H2,1-5H3. The fraction of sp³-hybridized carbons (Fsp3) is 0.400. The van der Waals surface area contributed by atoms with Crippen molar-refractivity contribution in [2.75, 3.05) is 12.8 Å². The summed E-state index contributed by atoms with van der Waals surface area (Å²) in [7, 11) is -2.70. The summed E-state index contributed by atoms with van der Waals surface area (Å²) in [6, 6.07) is 4.83. The molecule has 1 aromatic rings. The van der Waals surface area contributed by atoms with E-state index >= 15 is 0 Å². The van der Waals surface area contributed by atoms with Crippen molar-refractivity contribution in [2.24, 2.45) is 0 Å². The Morgan fingerprint density at radius 1 is 1.32 bits per heavy atom. The average molecular weight is 452 g/mol. The topological polar surface area (TPSA) is 145 Å². The zero-order chi connectivity index (χ0) is 23.5. The largest absolute Gasteiger partial charge is 0.459 e. The molecular weight excluding hydrogens is 426 g/mol. The molecule has 0 bridgehead atoms. The number of nitrogens with zero attached hydrogens (tertiary/aromatic N) is 1. The van der Waals surface area contributed by atoms with Gasteiger partial charge in [0.25, 0.3) is 5.69 Å². The Morgan fingerprint density at radius 3 is 2.52 bits per heavy atom. The van der Waals surface area contributed by atoms with E-state index in [-0.39, 0.29) is 28.0 Å². The Labute approximate surface area is 180 Å². The second-order valence-corrected chi connectivity index (χ2v) is 9.23. The molecule has 0 spiro atoms. The summed E-state index contributed by atoms with van der Waals surface area (Å²) in [5.41, 5.74) is 0.586. The van der Waals surface area contributed by atoms with Crippen LogP contribution in [0.15, 0.2) is 41.1 Å². The van der Waals surface area contributed by atoms with Gasteiger partial charge in [-0.25, -0.2) is 17.9 Å². The fourth-order valence-electron chi connectivity index (χ4n) is 3.31. The van der Waals surface area contributed by atoms with Crippen LogP contribution in [-0.2, 0) is 24.3 Å². The number of non-ortho nitro benzene ring substituents is 1. The first kappa shape index (κ1) is 24.2. The number of hydrogen-bond acceptors (Lipinski definition) is 8. The van der Waals surface area contributed by atoms with Crippen molar-refractivity contribution in [1.82, 2.24) is 10.0 Å². The first-order valence-electron chi connectivity index (χ1n) is 9.50. The summed E-state index contributed by atoms with van der Waals surface area (Å²) >= 11 is 0. The van der Waals surface area contributed by atoms with Crippen molar-refractivity contribution < 1.29 is 27.7 Å². The predicted octanol–water partition coefficient (Wildman–Crippen LogP) is 1.68. The van der Waals surface area contributed by atoms with E-state index in [0.717, 1.165) is 0 Å². The number of nitro benzene ring substituents is 1. The number of allylic oxidation sites excluding steroid dienone is 1. The molecule has 1 aromatic carbocycles. The molecule has 0 saturated carbocycles. The molecule has 1 heterocycles. The van der Waals surface area contributed by atoms with E-state index < -0.39 is 44.6 Å². The second-order valence-electron chi connectivity index (χ2n) is 7.30. The quantitative estimate of drug-likeness (QED) is 0.345. The van der Waals surface area contributed by atoms with Gasteiger partial charge in [-0.05, 0) is 40.3 Å². The van der Waals surface area contributed by atoms with Crippen LogP contribution >= 0.6 is 0 Å². The van der Waals surface area contributed by atoms with Crippen molar-refractivity contribution in [1.29, 1.82) is 0 Å². The number of rotatable bonds is 8. The molecule has 168 valence electrons. The van der Waals surface area contributed by atoms with Crippen molar-refractivity contribution in [3.63, 3.8) is 0 Å². The van der Waals surface area contributed by atoms with Gasteiger partial charge in [-0.3, -0.25) is 14.9 Å². The Hall–Kier alpha value is -3.05. The lowest BCUT2D eigenvalue weighted by molar-refractivity contribution is -0.384. The number of sulfonamides is 1. The Morgan fingerprint density at radius 2 is 1.97 bits per heavy atom. The van der Waals surface area contributed by atoms with E-state index in [1.54, 1.807) is 27.7 Å². The number of hydrogen-bond donors (Lipinski definition) is 2. The van der Waals surface area contributed by atoms with Gasteiger partial charge in [-0.2, -0.15) is 0 Å². The molecule has 0 saturated heterocycles. The van der Waals surface area contributed by atoms with Gasteiger partial charge in [0.05, 0.1) is 22.6 Å². The number of carbonyl (C=O) groups excluding carboxylic acids is 2. The maximum absolute atomic E-state index is 13.1. The van der Waals surface area contributed by atoms with Gasteiger partial charge in [0.1, 0.15) is 5.75 Å². The first-order chi connectivity index (χ1) is 14.4. The summed E-state index contributed by atoms with van der Waals surface area (Å²) in [6.45, 7) is 6.59. The SMILES string of the molecule is CNS(=O)(=O)CC(=O)C1=C(c2cccc([N+](=O)[O-])c2)C(C(=O)OC(C)C)=C(C)NC1C. The van der Waals surface area contributed by atoms with Crippen LogP contribution < -0.4 is 10.0 Å². The molecule has 11 heteroatoms. The van der Waals surface area contributed by atoms with Crippen LogP contribution in [0.3, 0.4) is 0 Å². The molecule has 0 fully saturated rings. The highest BCUT2D eigenvalue weighted by molar-refractivity contribution is 7.90. The monoisotopic (exact) mass is 451 g/mol. The number of dihydropyridines is 1. The Kier molecular flexibility index (Phi) is 7.34. The van der Waals surface area contributed by atoms with Crippen LogP contribution in [0.4, 0.5) is 5.69 Å². The summed E-state index contributed by atoms with van der Waals surface area (Å²) in [5, 5.41) is 14.3. The van der Waals surface area contributed by atoms with Crippen LogP contribution in [0.2, 0.25) is 0 Å². The molecule has 1 atom stereocenters. The molecule has 1 aliphatic rings. The van der Waals surface area contributed by atoms with Crippen LogP contribution in [0.5, 0.6) is 0 Å². The van der Waals surface area contributed by atoms with Crippen LogP contribution in [-0.4, -0.2) is 50.0 Å². The van der Waals surface area contributed by atoms with Gasteiger partial charge < -0.3 is 10.1 Å². The Balaban J connectivity index is 2.81. The van der Waals surface area contributed by atoms with Gasteiger partial charge >= 0.3 is 5.97 Å². The van der Waals surface area contributed by atoms with Crippen LogP contribution in [0.1, 0.15) is 33.3 Å². The summed E-state index contributed by atoms with van der Waals surface area (Å²) in [6.07, 6.45) is -0.456. The lowest BCUT2D eigenvalue weighted by Gasteiger charge is -2.30. The number of carbonyl (C=O) groups is 2. The molecule has 31 heavy (non-hydrogen) atoms. The first-order valence-corrected chi connectivity index (χ1v) is 11.1. The van der Waals surface area contributed by atoms with Crippen molar-refractivity contribution in [3.05, 3.63) is 56.8 Å². The molecule has 0 radical (unpaired) electrons. The summed E-state index contributed by atoms with van der Waals surface area (Å²) in [5.74, 6) is -2.30. The molecule has 2 N–H and O–H groups in total. The van der Waals surface area contributed by atoms with Gasteiger partial charge in [-0.1, -0.05) is 12.1 Å². The van der Waals surface area contributed by atoms with Gasteiger partial charge in [0.2, 0.25) is 10.0 Å². The predicted molar refractivity (Wildman–Crippen MR) is 114 cm³/mol. The molecule has 2 rings (SSSR count). The number of Topliss-reactive ketones (excluding diaryl/α,β-unsaturated/α-hetero) is 1. The lowest BCUT2D eigenvalue weighted by Crippen LogP contribution is -2.39. The molecule has 1 unspecified atom stereocenters. The Bertz CT molecular complexity index is 1090. The molecule has 10 nitrogen and oxygen atoms in total. The second kappa shape index (κ2) is 9.40. The minimum Gasteiger partial charge on any atom is -0.459 e. The van der Waals surface area contributed by atoms with E-state index in [4.69, 9.17) is 4.74 Å². The zero-order valence-corrected chi connectivity index (χ0v) is 18.7. The molecule has 0 amide bonds. The summed E-state index contributed by atoms with van der Waals surface area (Å²) in [4.78, 5) is 36.7.